The van der Waals surface area contributed by atoms with Gasteiger partial charge in [0.25, 0.3) is 0 Å². The molecule has 0 aliphatic carbocycles. The van der Waals surface area contributed by atoms with E-state index in [0.29, 0.717) is 29.6 Å². The van der Waals surface area contributed by atoms with Crippen molar-refractivity contribution < 1.29 is 23.8 Å². The lowest BCUT2D eigenvalue weighted by atomic mass is 9.87. The van der Waals surface area contributed by atoms with Gasteiger partial charge < -0.3 is 19.1 Å². The van der Waals surface area contributed by atoms with Crippen molar-refractivity contribution in [2.45, 2.75) is 57.4 Å². The SMILES string of the molecule is Cc1nc(CN2CCC(c3cccc4c3O[C@@H](c3ccc(Cl)cc3F)C=C4)CC2)n(C[C@@H]2CCO2)c1/C=C/C(=O)O. The number of ether oxygens (including phenoxy) is 2. The highest BCUT2D eigenvalue weighted by Gasteiger charge is 2.29. The Hall–Kier alpha value is -3.46. The Labute approximate surface area is 243 Å². The largest absolute Gasteiger partial charge is 0.481 e. The average Bonchev–Trinajstić information content (AvgIpc) is 3.22. The van der Waals surface area contributed by atoms with Gasteiger partial charge in [-0.3, -0.25) is 4.90 Å². The van der Waals surface area contributed by atoms with E-state index in [1.807, 2.05) is 25.1 Å². The quantitative estimate of drug-likeness (QED) is 0.312. The number of fused-ring (bicyclic) bond motifs is 1. The monoisotopic (exact) mass is 577 g/mol. The molecule has 0 amide bonds. The molecule has 1 aromatic heterocycles. The van der Waals surface area contributed by atoms with Crippen molar-refractivity contribution in [2.24, 2.45) is 0 Å². The summed E-state index contributed by atoms with van der Waals surface area (Å²) in [5, 5.41) is 9.53. The van der Waals surface area contributed by atoms with Crippen LogP contribution in [0.4, 0.5) is 4.39 Å². The van der Waals surface area contributed by atoms with Crippen LogP contribution in [0.3, 0.4) is 0 Å². The lowest BCUT2D eigenvalue weighted by Crippen LogP contribution is -2.35. The highest BCUT2D eigenvalue weighted by Crippen LogP contribution is 2.42. The number of carboxylic acid groups (broad SMARTS) is 1. The molecule has 0 saturated carbocycles. The van der Waals surface area contributed by atoms with Gasteiger partial charge in [-0.15, -0.1) is 0 Å². The zero-order valence-corrected chi connectivity index (χ0v) is 23.7. The van der Waals surface area contributed by atoms with Crippen LogP contribution in [0.1, 0.15) is 65.2 Å². The second-order valence-corrected chi connectivity index (χ2v) is 11.4. The topological polar surface area (TPSA) is 76.8 Å². The Kier molecular flexibility index (Phi) is 7.97. The normalized spacial score (nSPS) is 21.0. The minimum absolute atomic E-state index is 0.133. The molecule has 3 aromatic rings. The zero-order chi connectivity index (χ0) is 28.5. The van der Waals surface area contributed by atoms with Crippen LogP contribution < -0.4 is 4.74 Å². The van der Waals surface area contributed by atoms with Crippen LogP contribution in [0.15, 0.2) is 48.6 Å². The van der Waals surface area contributed by atoms with Crippen molar-refractivity contribution in [3.8, 4) is 5.75 Å². The number of nitrogens with zero attached hydrogens (tertiary/aromatic N) is 3. The molecule has 41 heavy (non-hydrogen) atoms. The summed E-state index contributed by atoms with van der Waals surface area (Å²) in [6.45, 7) is 5.83. The Morgan fingerprint density at radius 1 is 1.20 bits per heavy atom. The highest BCUT2D eigenvalue weighted by molar-refractivity contribution is 6.30. The van der Waals surface area contributed by atoms with Crippen LogP contribution >= 0.6 is 11.6 Å². The Morgan fingerprint density at radius 3 is 2.71 bits per heavy atom. The number of halogens is 2. The van der Waals surface area contributed by atoms with Crippen molar-refractivity contribution in [3.63, 3.8) is 0 Å². The standard InChI is InChI=1S/C32H33ClFN3O4/c1-20-28(8-10-31(38)39)37(18-24-13-16-40-24)30(35-20)19-36-14-11-21(12-15-36)25-4-2-3-22-5-9-29(41-32(22)25)26-7-6-23(33)17-27(26)34/h2-10,17,21,24,29H,11-16,18-19H2,1H3,(H,38,39)/b10-8+/t24-,29+/m0/s1. The number of piperidine rings is 1. The summed E-state index contributed by atoms with van der Waals surface area (Å²) in [4.78, 5) is 18.4. The molecule has 0 unspecified atom stereocenters. The maximum absolute atomic E-state index is 14.7. The van der Waals surface area contributed by atoms with Gasteiger partial charge in [-0.05, 0) is 75.0 Å². The van der Waals surface area contributed by atoms with Crippen molar-refractivity contribution in [1.29, 1.82) is 0 Å². The van der Waals surface area contributed by atoms with Crippen LogP contribution in [0.2, 0.25) is 5.02 Å². The number of para-hydroxylation sites is 1. The molecule has 1 N–H and O–H groups in total. The van der Waals surface area contributed by atoms with Gasteiger partial charge >= 0.3 is 5.97 Å². The molecule has 4 heterocycles. The molecule has 6 rings (SSSR count). The first-order chi connectivity index (χ1) is 19.9. The smallest absolute Gasteiger partial charge is 0.328 e. The van der Waals surface area contributed by atoms with E-state index in [4.69, 9.17) is 31.2 Å². The maximum atomic E-state index is 14.7. The van der Waals surface area contributed by atoms with E-state index in [0.717, 1.165) is 73.0 Å². The molecular formula is C32H33ClFN3O4. The number of aliphatic carboxylic acids is 1. The van der Waals surface area contributed by atoms with E-state index < -0.39 is 12.1 Å². The lowest BCUT2D eigenvalue weighted by Gasteiger charge is -2.34. The van der Waals surface area contributed by atoms with Crippen LogP contribution in [-0.2, 0) is 22.6 Å². The average molecular weight is 578 g/mol. The minimum atomic E-state index is -0.979. The Morgan fingerprint density at radius 2 is 2.00 bits per heavy atom. The van der Waals surface area contributed by atoms with Crippen LogP contribution in [0.5, 0.6) is 5.75 Å². The number of benzene rings is 2. The molecule has 2 atom stereocenters. The van der Waals surface area contributed by atoms with Gasteiger partial charge in [0.1, 0.15) is 23.5 Å². The first-order valence-electron chi connectivity index (χ1n) is 14.1. The van der Waals surface area contributed by atoms with Gasteiger partial charge in [-0.1, -0.05) is 41.9 Å². The lowest BCUT2D eigenvalue weighted by molar-refractivity contribution is -0.131. The Balaban J connectivity index is 1.16. The first-order valence-corrected chi connectivity index (χ1v) is 14.5. The number of likely N-dealkylation sites (tertiary alicyclic amines) is 1. The summed E-state index contributed by atoms with van der Waals surface area (Å²) in [6, 6.07) is 10.9. The summed E-state index contributed by atoms with van der Waals surface area (Å²) in [7, 11) is 0. The van der Waals surface area contributed by atoms with Gasteiger partial charge in [-0.25, -0.2) is 14.2 Å². The number of hydrogen-bond acceptors (Lipinski definition) is 5. The highest BCUT2D eigenvalue weighted by atomic mass is 35.5. The number of aryl methyl sites for hydroxylation is 1. The van der Waals surface area contributed by atoms with Crippen LogP contribution in [-0.4, -0.2) is 51.3 Å². The molecular weight excluding hydrogens is 545 g/mol. The van der Waals surface area contributed by atoms with E-state index in [-0.39, 0.29) is 11.9 Å². The summed E-state index contributed by atoms with van der Waals surface area (Å²) >= 11 is 5.96. The molecule has 2 aromatic carbocycles. The van der Waals surface area contributed by atoms with E-state index in [1.54, 1.807) is 18.2 Å². The van der Waals surface area contributed by atoms with Gasteiger partial charge in [0.05, 0.1) is 30.6 Å². The van der Waals surface area contributed by atoms with Gasteiger partial charge in [0, 0.05) is 28.8 Å². The van der Waals surface area contributed by atoms with Crippen molar-refractivity contribution in [3.05, 3.63) is 93.3 Å². The number of hydrogen-bond donors (Lipinski definition) is 1. The molecule has 7 nitrogen and oxygen atoms in total. The van der Waals surface area contributed by atoms with E-state index in [1.165, 1.54) is 12.1 Å². The third-order valence-electron chi connectivity index (χ3n) is 8.27. The summed E-state index contributed by atoms with van der Waals surface area (Å²) in [6.07, 6.45) is 9.24. The molecule has 0 radical (unpaired) electrons. The summed E-state index contributed by atoms with van der Waals surface area (Å²) in [5.41, 5.74) is 4.27. The fourth-order valence-electron chi connectivity index (χ4n) is 5.98. The maximum Gasteiger partial charge on any atom is 0.328 e. The molecule has 0 bridgehead atoms. The van der Waals surface area contributed by atoms with Crippen molar-refractivity contribution >= 4 is 29.7 Å². The van der Waals surface area contributed by atoms with E-state index in [9.17, 15) is 9.18 Å². The number of carboxylic acids is 1. The minimum Gasteiger partial charge on any atom is -0.481 e. The zero-order valence-electron chi connectivity index (χ0n) is 22.9. The van der Waals surface area contributed by atoms with Crippen molar-refractivity contribution in [1.82, 2.24) is 14.5 Å². The number of rotatable bonds is 8. The van der Waals surface area contributed by atoms with Gasteiger partial charge in [0.15, 0.2) is 0 Å². The predicted molar refractivity (Wildman–Crippen MR) is 155 cm³/mol. The number of imidazole rings is 1. The molecule has 3 aliphatic rings. The van der Waals surface area contributed by atoms with Crippen LogP contribution in [0, 0.1) is 12.7 Å². The fraction of sp³-hybridized carbons (Fsp3) is 0.375. The molecule has 214 valence electrons. The van der Waals surface area contributed by atoms with E-state index in [2.05, 4.69) is 21.6 Å². The first kappa shape index (κ1) is 27.7. The second kappa shape index (κ2) is 11.8. The molecule has 2 fully saturated rings. The molecule has 9 heteroatoms. The molecule has 3 aliphatic heterocycles. The Bertz CT molecular complexity index is 1500. The predicted octanol–water partition coefficient (Wildman–Crippen LogP) is 6.40. The van der Waals surface area contributed by atoms with Gasteiger partial charge in [0.2, 0.25) is 0 Å². The fourth-order valence-corrected chi connectivity index (χ4v) is 6.14. The third kappa shape index (κ3) is 5.96. The molecule has 0 spiro atoms. The molecule has 2 saturated heterocycles. The van der Waals surface area contributed by atoms with Gasteiger partial charge in [-0.2, -0.15) is 0 Å². The van der Waals surface area contributed by atoms with Crippen LogP contribution in [0.25, 0.3) is 12.2 Å². The number of carbonyl (C=O) groups is 1. The summed E-state index contributed by atoms with van der Waals surface area (Å²) in [5.74, 6) is 0.727. The van der Waals surface area contributed by atoms with E-state index >= 15 is 0 Å². The second-order valence-electron chi connectivity index (χ2n) is 10.9. The van der Waals surface area contributed by atoms with Crippen molar-refractivity contribution in [2.75, 3.05) is 19.7 Å². The summed E-state index contributed by atoms with van der Waals surface area (Å²) < 4.78 is 28.9. The number of aromatic nitrogens is 2. The third-order valence-corrected chi connectivity index (χ3v) is 8.50.